The van der Waals surface area contributed by atoms with Crippen LogP contribution < -0.4 is 10.6 Å². The second-order valence-corrected chi connectivity index (χ2v) is 7.01. The van der Waals surface area contributed by atoms with E-state index in [0.29, 0.717) is 5.56 Å². The predicted octanol–water partition coefficient (Wildman–Crippen LogP) is 2.13. The molecule has 1 aliphatic rings. The van der Waals surface area contributed by atoms with Crippen LogP contribution >= 0.6 is 22.6 Å². The summed E-state index contributed by atoms with van der Waals surface area (Å²) in [6, 6.07) is 7.63. The number of aromatic nitrogens is 2. The van der Waals surface area contributed by atoms with E-state index in [9.17, 15) is 9.59 Å². The molecule has 2 aromatic rings. The van der Waals surface area contributed by atoms with Gasteiger partial charge in [0.2, 0.25) is 5.91 Å². The maximum atomic E-state index is 12.2. The van der Waals surface area contributed by atoms with E-state index in [1.807, 2.05) is 29.0 Å². The van der Waals surface area contributed by atoms with E-state index in [2.05, 4.69) is 38.2 Å². The molecule has 1 aliphatic carbocycles. The molecule has 24 heavy (non-hydrogen) atoms. The minimum atomic E-state index is -0.229. The molecule has 6 nitrogen and oxygen atoms in total. The van der Waals surface area contributed by atoms with Crippen molar-refractivity contribution in [2.75, 3.05) is 6.54 Å². The number of hydrogen-bond acceptors (Lipinski definition) is 3. The molecule has 1 heterocycles. The molecule has 1 aromatic heterocycles. The largest absolute Gasteiger partial charge is 0.350 e. The van der Waals surface area contributed by atoms with Crippen molar-refractivity contribution in [3.8, 4) is 0 Å². The third-order valence-corrected chi connectivity index (χ3v) is 5.20. The van der Waals surface area contributed by atoms with Gasteiger partial charge in [-0.15, -0.1) is 0 Å². The maximum absolute atomic E-state index is 12.2. The fraction of sp³-hybridized carbons (Fsp3) is 0.353. The molecule has 2 amide bonds. The number of rotatable bonds is 5. The zero-order valence-corrected chi connectivity index (χ0v) is 15.3. The molecule has 0 spiro atoms. The first-order chi connectivity index (χ1) is 11.6. The summed E-state index contributed by atoms with van der Waals surface area (Å²) in [4.78, 5) is 28.4. The fourth-order valence-electron chi connectivity index (χ4n) is 3.09. The first-order valence-corrected chi connectivity index (χ1v) is 9.02. The maximum Gasteiger partial charge on any atom is 0.252 e. The van der Waals surface area contributed by atoms with Gasteiger partial charge in [-0.25, -0.2) is 4.98 Å². The molecular formula is C17H19IN4O2. The Morgan fingerprint density at radius 1 is 1.29 bits per heavy atom. The van der Waals surface area contributed by atoms with E-state index in [0.717, 1.165) is 22.8 Å². The van der Waals surface area contributed by atoms with Crippen LogP contribution in [0.4, 0.5) is 0 Å². The lowest BCUT2D eigenvalue weighted by Crippen LogP contribution is -2.43. The van der Waals surface area contributed by atoms with Gasteiger partial charge in [0.05, 0.1) is 24.5 Å². The molecular weight excluding hydrogens is 419 g/mol. The highest BCUT2D eigenvalue weighted by atomic mass is 127. The lowest BCUT2D eigenvalue weighted by atomic mass is 10.1. The van der Waals surface area contributed by atoms with Crippen LogP contribution in [0, 0.1) is 3.57 Å². The van der Waals surface area contributed by atoms with E-state index in [-0.39, 0.29) is 30.4 Å². The zero-order chi connectivity index (χ0) is 16.9. The Kier molecular flexibility index (Phi) is 5.49. The highest BCUT2D eigenvalue weighted by molar-refractivity contribution is 14.1. The SMILES string of the molecule is O=C(CNC(=O)c1ccccc1I)NC1CCCC1n1ccnc1. The number of halogens is 1. The summed E-state index contributed by atoms with van der Waals surface area (Å²) >= 11 is 2.11. The van der Waals surface area contributed by atoms with Crippen LogP contribution in [0.3, 0.4) is 0 Å². The number of amides is 2. The zero-order valence-electron chi connectivity index (χ0n) is 13.1. The topological polar surface area (TPSA) is 76.0 Å². The number of benzene rings is 1. The number of nitrogens with zero attached hydrogens (tertiary/aromatic N) is 2. The number of carbonyl (C=O) groups excluding carboxylic acids is 2. The Balaban J connectivity index is 1.52. The fourth-order valence-corrected chi connectivity index (χ4v) is 3.72. The van der Waals surface area contributed by atoms with E-state index >= 15 is 0 Å². The third-order valence-electron chi connectivity index (χ3n) is 4.26. The molecule has 1 fully saturated rings. The molecule has 0 bridgehead atoms. The molecule has 0 radical (unpaired) electrons. The molecule has 7 heteroatoms. The standard InChI is InChI=1S/C17H19IN4O2/c18-13-5-2-1-4-12(13)17(24)20-10-16(23)21-14-6-3-7-15(14)22-9-8-19-11-22/h1-2,4-5,8-9,11,14-15H,3,6-7,10H2,(H,20,24)(H,21,23). The van der Waals surface area contributed by atoms with Gasteiger partial charge in [0.1, 0.15) is 0 Å². The van der Waals surface area contributed by atoms with Gasteiger partial charge in [0, 0.05) is 22.0 Å². The lowest BCUT2D eigenvalue weighted by molar-refractivity contribution is -0.121. The van der Waals surface area contributed by atoms with Crippen LogP contribution in [0.5, 0.6) is 0 Å². The third kappa shape index (κ3) is 3.95. The number of carbonyl (C=O) groups is 2. The molecule has 1 saturated carbocycles. The Morgan fingerprint density at radius 3 is 2.88 bits per heavy atom. The summed E-state index contributed by atoms with van der Waals surface area (Å²) < 4.78 is 2.91. The van der Waals surface area contributed by atoms with E-state index in [1.165, 1.54) is 0 Å². The molecule has 2 unspecified atom stereocenters. The van der Waals surface area contributed by atoms with Crippen molar-refractivity contribution in [1.29, 1.82) is 0 Å². The second-order valence-electron chi connectivity index (χ2n) is 5.84. The molecule has 3 rings (SSSR count). The van der Waals surface area contributed by atoms with Crippen LogP contribution in [0.1, 0.15) is 35.7 Å². The minimum Gasteiger partial charge on any atom is -0.350 e. The highest BCUT2D eigenvalue weighted by Crippen LogP contribution is 2.29. The smallest absolute Gasteiger partial charge is 0.252 e. The molecule has 126 valence electrons. The van der Waals surface area contributed by atoms with Gasteiger partial charge in [0.15, 0.2) is 0 Å². The first kappa shape index (κ1) is 16.9. The number of nitrogens with one attached hydrogen (secondary N) is 2. The van der Waals surface area contributed by atoms with Crippen molar-refractivity contribution in [2.24, 2.45) is 0 Å². The Morgan fingerprint density at radius 2 is 2.12 bits per heavy atom. The molecule has 1 aromatic carbocycles. The summed E-state index contributed by atoms with van der Waals surface area (Å²) in [6.45, 7) is -0.0169. The average Bonchev–Trinajstić information content (AvgIpc) is 3.24. The summed E-state index contributed by atoms with van der Waals surface area (Å²) in [5, 5.41) is 5.72. The monoisotopic (exact) mass is 438 g/mol. The van der Waals surface area contributed by atoms with Crippen molar-refractivity contribution >= 4 is 34.4 Å². The van der Waals surface area contributed by atoms with Crippen molar-refractivity contribution in [2.45, 2.75) is 31.3 Å². The normalized spacial score (nSPS) is 19.9. The summed E-state index contributed by atoms with van der Waals surface area (Å²) in [5.41, 5.74) is 0.586. The van der Waals surface area contributed by atoms with Gasteiger partial charge in [0.25, 0.3) is 5.91 Å². The van der Waals surface area contributed by atoms with Gasteiger partial charge in [-0.2, -0.15) is 0 Å². The summed E-state index contributed by atoms with van der Waals surface area (Å²) in [5.74, 6) is -0.390. The second kappa shape index (κ2) is 7.78. The van der Waals surface area contributed by atoms with Gasteiger partial charge in [-0.05, 0) is 54.0 Å². The van der Waals surface area contributed by atoms with Gasteiger partial charge >= 0.3 is 0 Å². The van der Waals surface area contributed by atoms with E-state index < -0.39 is 0 Å². The number of hydrogen-bond donors (Lipinski definition) is 2. The summed E-state index contributed by atoms with van der Waals surface area (Å²) in [6.07, 6.45) is 8.50. The van der Waals surface area contributed by atoms with Gasteiger partial charge in [-0.1, -0.05) is 12.1 Å². The lowest BCUT2D eigenvalue weighted by Gasteiger charge is -2.22. The highest BCUT2D eigenvalue weighted by Gasteiger charge is 2.29. The van der Waals surface area contributed by atoms with Crippen LogP contribution in [0.2, 0.25) is 0 Å². The van der Waals surface area contributed by atoms with Crippen LogP contribution in [0.25, 0.3) is 0 Å². The van der Waals surface area contributed by atoms with E-state index in [1.54, 1.807) is 18.6 Å². The van der Waals surface area contributed by atoms with Crippen molar-refractivity contribution in [3.05, 3.63) is 52.1 Å². The van der Waals surface area contributed by atoms with Crippen LogP contribution in [-0.4, -0.2) is 34.0 Å². The van der Waals surface area contributed by atoms with Crippen LogP contribution in [0.15, 0.2) is 43.0 Å². The molecule has 0 aliphatic heterocycles. The van der Waals surface area contributed by atoms with Crippen LogP contribution in [-0.2, 0) is 4.79 Å². The van der Waals surface area contributed by atoms with Gasteiger partial charge in [-0.3, -0.25) is 9.59 Å². The van der Waals surface area contributed by atoms with Gasteiger partial charge < -0.3 is 15.2 Å². The number of imidazole rings is 1. The minimum absolute atomic E-state index is 0.0169. The first-order valence-electron chi connectivity index (χ1n) is 7.94. The Bertz CT molecular complexity index is 717. The molecule has 2 N–H and O–H groups in total. The van der Waals surface area contributed by atoms with Crippen molar-refractivity contribution < 1.29 is 9.59 Å². The van der Waals surface area contributed by atoms with Crippen molar-refractivity contribution in [3.63, 3.8) is 0 Å². The quantitative estimate of drug-likeness (QED) is 0.703. The molecule has 0 saturated heterocycles. The molecule has 2 atom stereocenters. The Labute approximate surface area is 154 Å². The Hall–Kier alpha value is -1.90. The average molecular weight is 438 g/mol. The predicted molar refractivity (Wildman–Crippen MR) is 98.5 cm³/mol. The van der Waals surface area contributed by atoms with E-state index in [4.69, 9.17) is 0 Å². The summed E-state index contributed by atoms with van der Waals surface area (Å²) in [7, 11) is 0. The van der Waals surface area contributed by atoms with Crippen molar-refractivity contribution in [1.82, 2.24) is 20.2 Å².